The van der Waals surface area contributed by atoms with Gasteiger partial charge in [0.2, 0.25) is 0 Å². The summed E-state index contributed by atoms with van der Waals surface area (Å²) >= 11 is 0. The van der Waals surface area contributed by atoms with E-state index in [-0.39, 0.29) is 6.42 Å². The molecule has 1 amide bonds. The number of carbonyl (C=O) groups is 2. The van der Waals surface area contributed by atoms with E-state index >= 15 is 0 Å². The molecule has 0 unspecified atom stereocenters. The van der Waals surface area contributed by atoms with E-state index in [4.69, 9.17) is 0 Å². The van der Waals surface area contributed by atoms with Crippen molar-refractivity contribution in [1.29, 1.82) is 0 Å². The summed E-state index contributed by atoms with van der Waals surface area (Å²) in [6, 6.07) is 0. The van der Waals surface area contributed by atoms with Gasteiger partial charge in [-0.1, -0.05) is 6.42 Å². The highest BCUT2D eigenvalue weighted by molar-refractivity contribution is 5.76. The Kier molecular flexibility index (Phi) is 6.37. The average Bonchev–Trinajstić information content (AvgIpc) is 2.04. The Hall–Kier alpha value is -1.06. The molecule has 0 spiro atoms. The summed E-state index contributed by atoms with van der Waals surface area (Å²) in [6.07, 6.45) is 3.83. The quantitative estimate of drug-likeness (QED) is 0.333. The monoisotopic (exact) mass is 157 g/mol. The second-order valence-corrected chi connectivity index (χ2v) is 2.25. The van der Waals surface area contributed by atoms with Crippen molar-refractivity contribution in [2.24, 2.45) is 5.18 Å². The Morgan fingerprint density at radius 2 is 2.00 bits per heavy atom. The summed E-state index contributed by atoms with van der Waals surface area (Å²) in [7, 11) is 0. The predicted octanol–water partition coefficient (Wildman–Crippen LogP) is 1.43. The summed E-state index contributed by atoms with van der Waals surface area (Å²) in [6.45, 7) is 0. The van der Waals surface area contributed by atoms with Crippen LogP contribution >= 0.6 is 0 Å². The van der Waals surface area contributed by atoms with E-state index < -0.39 is 5.91 Å². The van der Waals surface area contributed by atoms with Crippen LogP contribution in [0.15, 0.2) is 5.18 Å². The van der Waals surface area contributed by atoms with Gasteiger partial charge in [0, 0.05) is 18.0 Å². The average molecular weight is 157 g/mol. The fourth-order valence-electron chi connectivity index (χ4n) is 0.726. The topological polar surface area (TPSA) is 63.6 Å². The molecule has 0 aliphatic heterocycles. The second-order valence-electron chi connectivity index (χ2n) is 2.25. The summed E-state index contributed by atoms with van der Waals surface area (Å²) < 4.78 is 0. The van der Waals surface area contributed by atoms with E-state index in [0.29, 0.717) is 12.8 Å². The second kappa shape index (κ2) is 7.05. The molecule has 0 fully saturated rings. The van der Waals surface area contributed by atoms with Crippen molar-refractivity contribution in [3.8, 4) is 0 Å². The van der Waals surface area contributed by atoms with Crippen molar-refractivity contribution in [2.45, 2.75) is 32.1 Å². The molecule has 0 atom stereocenters. The van der Waals surface area contributed by atoms with Crippen LogP contribution in [0.25, 0.3) is 0 Å². The van der Waals surface area contributed by atoms with Crippen molar-refractivity contribution in [3.05, 3.63) is 4.91 Å². The Morgan fingerprint density at radius 1 is 1.27 bits per heavy atom. The molecule has 0 aliphatic carbocycles. The number of nitroso groups, excluding NO2 is 1. The Balaban J connectivity index is 3.07. The summed E-state index contributed by atoms with van der Waals surface area (Å²) in [4.78, 5) is 29.7. The van der Waals surface area contributed by atoms with Gasteiger partial charge in [-0.25, -0.2) is 0 Å². The van der Waals surface area contributed by atoms with Crippen molar-refractivity contribution < 1.29 is 9.59 Å². The minimum Gasteiger partial charge on any atom is -0.303 e. The lowest BCUT2D eigenvalue weighted by Gasteiger charge is -1.92. The van der Waals surface area contributed by atoms with E-state index in [1.807, 2.05) is 0 Å². The third-order valence-corrected chi connectivity index (χ3v) is 1.31. The normalized spacial score (nSPS) is 9.09. The number of hydrogen-bond donors (Lipinski definition) is 0. The van der Waals surface area contributed by atoms with Crippen LogP contribution in [0.5, 0.6) is 0 Å². The highest BCUT2D eigenvalue weighted by Crippen LogP contribution is 2.02. The van der Waals surface area contributed by atoms with Gasteiger partial charge in [-0.05, 0) is 12.8 Å². The zero-order valence-electron chi connectivity index (χ0n) is 6.28. The Labute approximate surface area is 64.9 Å². The van der Waals surface area contributed by atoms with E-state index in [0.717, 1.165) is 19.1 Å². The molecule has 62 valence electrons. The first-order valence-corrected chi connectivity index (χ1v) is 3.61. The lowest BCUT2D eigenvalue weighted by atomic mass is 10.1. The number of rotatable bonds is 6. The van der Waals surface area contributed by atoms with Crippen molar-refractivity contribution in [2.75, 3.05) is 0 Å². The number of hydrogen-bond acceptors (Lipinski definition) is 3. The van der Waals surface area contributed by atoms with Gasteiger partial charge >= 0.3 is 0 Å². The zero-order chi connectivity index (χ0) is 8.53. The lowest BCUT2D eigenvalue weighted by molar-refractivity contribution is -0.118. The van der Waals surface area contributed by atoms with Crippen LogP contribution in [0.1, 0.15) is 32.1 Å². The Bertz CT molecular complexity index is 145. The Morgan fingerprint density at radius 3 is 2.55 bits per heavy atom. The van der Waals surface area contributed by atoms with Gasteiger partial charge in [-0.15, -0.1) is 4.91 Å². The SMILES string of the molecule is O=CCCCCCC(=O)N=O. The predicted molar refractivity (Wildman–Crippen MR) is 40.0 cm³/mol. The summed E-state index contributed by atoms with van der Waals surface area (Å²) in [5.74, 6) is -0.601. The third kappa shape index (κ3) is 6.83. The standard InChI is InChI=1S/C7H11NO3/c9-6-4-2-1-3-5-7(10)8-11/h6H,1-5H2. The summed E-state index contributed by atoms with van der Waals surface area (Å²) in [5, 5.41) is 2.25. The largest absolute Gasteiger partial charge is 0.303 e. The number of amides is 1. The summed E-state index contributed by atoms with van der Waals surface area (Å²) in [5.41, 5.74) is 0. The molecule has 0 radical (unpaired) electrons. The van der Waals surface area contributed by atoms with Gasteiger partial charge in [0.1, 0.15) is 6.29 Å². The molecule has 0 saturated heterocycles. The van der Waals surface area contributed by atoms with Crippen LogP contribution in [-0.4, -0.2) is 12.2 Å². The smallest absolute Gasteiger partial charge is 0.286 e. The number of nitrogens with zero attached hydrogens (tertiary/aromatic N) is 1. The molecular weight excluding hydrogens is 146 g/mol. The minimum absolute atomic E-state index is 0.211. The molecule has 11 heavy (non-hydrogen) atoms. The van der Waals surface area contributed by atoms with E-state index in [9.17, 15) is 14.5 Å². The first-order valence-electron chi connectivity index (χ1n) is 3.61. The fraction of sp³-hybridized carbons (Fsp3) is 0.714. The number of aldehydes is 1. The third-order valence-electron chi connectivity index (χ3n) is 1.31. The van der Waals surface area contributed by atoms with Gasteiger partial charge in [0.05, 0.1) is 0 Å². The maximum atomic E-state index is 10.3. The van der Waals surface area contributed by atoms with Crippen LogP contribution in [0.3, 0.4) is 0 Å². The maximum Gasteiger partial charge on any atom is 0.286 e. The van der Waals surface area contributed by atoms with Crippen LogP contribution in [0.2, 0.25) is 0 Å². The minimum atomic E-state index is -0.601. The molecule has 0 N–H and O–H groups in total. The van der Waals surface area contributed by atoms with Gasteiger partial charge in [0.25, 0.3) is 5.91 Å². The molecule has 4 heteroatoms. The van der Waals surface area contributed by atoms with E-state index in [2.05, 4.69) is 5.18 Å². The molecule has 0 aliphatic rings. The molecule has 0 aromatic rings. The van der Waals surface area contributed by atoms with Crippen molar-refractivity contribution in [3.63, 3.8) is 0 Å². The number of carbonyl (C=O) groups excluding carboxylic acids is 2. The molecule has 0 saturated carbocycles. The van der Waals surface area contributed by atoms with Crippen LogP contribution in [-0.2, 0) is 9.59 Å². The molecular formula is C7H11NO3. The molecule has 4 nitrogen and oxygen atoms in total. The lowest BCUT2D eigenvalue weighted by Crippen LogP contribution is -1.90. The molecule has 0 aromatic carbocycles. The van der Waals surface area contributed by atoms with E-state index in [1.165, 1.54) is 0 Å². The molecule has 0 aromatic heterocycles. The molecule has 0 rings (SSSR count). The highest BCUT2D eigenvalue weighted by atomic mass is 16.3. The first-order chi connectivity index (χ1) is 5.31. The van der Waals surface area contributed by atoms with Crippen LogP contribution < -0.4 is 0 Å². The molecule has 0 bridgehead atoms. The van der Waals surface area contributed by atoms with Gasteiger partial charge in [-0.2, -0.15) is 0 Å². The fourth-order valence-corrected chi connectivity index (χ4v) is 0.726. The zero-order valence-corrected chi connectivity index (χ0v) is 6.28. The van der Waals surface area contributed by atoms with E-state index in [1.54, 1.807) is 0 Å². The van der Waals surface area contributed by atoms with Crippen LogP contribution in [0, 0.1) is 4.91 Å². The number of unbranched alkanes of at least 4 members (excludes halogenated alkanes) is 3. The maximum absolute atomic E-state index is 10.3. The van der Waals surface area contributed by atoms with Gasteiger partial charge in [-0.3, -0.25) is 4.79 Å². The van der Waals surface area contributed by atoms with Gasteiger partial charge < -0.3 is 4.79 Å². The molecule has 0 heterocycles. The van der Waals surface area contributed by atoms with Crippen LogP contribution in [0.4, 0.5) is 0 Å². The first kappa shape index (κ1) is 9.94. The van der Waals surface area contributed by atoms with Crippen molar-refractivity contribution in [1.82, 2.24) is 0 Å². The van der Waals surface area contributed by atoms with Crippen molar-refractivity contribution >= 4 is 12.2 Å². The highest BCUT2D eigenvalue weighted by Gasteiger charge is 1.98. The van der Waals surface area contributed by atoms with Gasteiger partial charge in [0.15, 0.2) is 0 Å².